The van der Waals surface area contributed by atoms with Gasteiger partial charge in [0.15, 0.2) is 12.4 Å². The van der Waals surface area contributed by atoms with Gasteiger partial charge >= 0.3 is 6.18 Å². The Balaban J connectivity index is 1.51. The van der Waals surface area contributed by atoms with E-state index in [9.17, 15) is 36.6 Å². The largest absolute Gasteiger partial charge is 0.471 e. The fourth-order valence-electron chi connectivity index (χ4n) is 4.80. The van der Waals surface area contributed by atoms with Crippen molar-refractivity contribution in [2.75, 3.05) is 11.9 Å². The molecule has 2 amide bonds. The SMILES string of the molecule is CC(C)(O)C(=O)NCc1ccc(Cl)c(NC2=Nc3nc(OCC(F)F)c(C(=O)NC4CCC(C(F)(F)F)CC4)cc3C2)c1Cl. The van der Waals surface area contributed by atoms with E-state index in [1.54, 1.807) is 12.1 Å². The third-order valence-electron chi connectivity index (χ3n) is 7.19. The molecule has 0 atom stereocenters. The van der Waals surface area contributed by atoms with E-state index in [-0.39, 0.29) is 65.8 Å². The molecule has 0 bridgehead atoms. The van der Waals surface area contributed by atoms with Crippen LogP contribution >= 0.6 is 23.2 Å². The second-order valence-corrected chi connectivity index (χ2v) is 11.9. The standard InChI is InChI=1S/C28H30Cl2F5N5O4/c1-27(2,43)26(42)36-11-13-3-8-18(29)22(21(13)30)38-20-10-14-9-17(25(40-23(14)39-20)44-12-19(31)32)24(41)37-16-6-4-15(5-7-16)28(33,34)35/h3,8-9,15-16,19,43H,4-7,10-12H2,1-2H3,(H,36,42)(H,37,41)(H,38,39,40). The van der Waals surface area contributed by atoms with E-state index in [2.05, 4.69) is 25.9 Å². The summed E-state index contributed by atoms with van der Waals surface area (Å²) in [5.74, 6) is -2.75. The van der Waals surface area contributed by atoms with E-state index in [4.69, 9.17) is 27.9 Å². The van der Waals surface area contributed by atoms with Gasteiger partial charge in [-0.2, -0.15) is 18.2 Å². The van der Waals surface area contributed by atoms with Crippen LogP contribution in [-0.4, -0.2) is 58.6 Å². The highest BCUT2D eigenvalue weighted by Crippen LogP contribution is 2.39. The molecule has 2 heterocycles. The van der Waals surface area contributed by atoms with Gasteiger partial charge in [0.2, 0.25) is 5.88 Å². The molecule has 240 valence electrons. The molecule has 0 radical (unpaired) electrons. The Morgan fingerprint density at radius 1 is 1.14 bits per heavy atom. The van der Waals surface area contributed by atoms with Crippen molar-refractivity contribution in [3.8, 4) is 5.88 Å². The zero-order valence-electron chi connectivity index (χ0n) is 23.6. The first-order valence-corrected chi connectivity index (χ1v) is 14.4. The number of nitrogens with zero attached hydrogens (tertiary/aromatic N) is 2. The molecule has 2 aliphatic rings. The Morgan fingerprint density at radius 3 is 2.43 bits per heavy atom. The molecule has 0 saturated heterocycles. The molecule has 44 heavy (non-hydrogen) atoms. The van der Waals surface area contributed by atoms with Crippen LogP contribution in [0.2, 0.25) is 10.0 Å². The predicted octanol–water partition coefficient (Wildman–Crippen LogP) is 5.97. The average Bonchev–Trinajstić information content (AvgIpc) is 3.33. The number of carbonyl (C=O) groups is 2. The lowest BCUT2D eigenvalue weighted by atomic mass is 9.85. The van der Waals surface area contributed by atoms with Crippen LogP contribution in [0.3, 0.4) is 0 Å². The van der Waals surface area contributed by atoms with Crippen LogP contribution in [0.1, 0.15) is 61.0 Å². The first-order chi connectivity index (χ1) is 20.5. The molecule has 9 nitrogen and oxygen atoms in total. The van der Waals surface area contributed by atoms with Gasteiger partial charge in [-0.3, -0.25) is 9.59 Å². The Morgan fingerprint density at radius 2 is 1.82 bits per heavy atom. The minimum Gasteiger partial charge on any atom is -0.471 e. The van der Waals surface area contributed by atoms with Crippen molar-refractivity contribution in [2.45, 2.75) is 76.7 Å². The summed E-state index contributed by atoms with van der Waals surface area (Å²) in [5.41, 5.74) is -0.562. The van der Waals surface area contributed by atoms with Crippen molar-refractivity contribution in [2.24, 2.45) is 10.9 Å². The van der Waals surface area contributed by atoms with Gasteiger partial charge in [-0.05, 0) is 57.2 Å². The second-order valence-electron chi connectivity index (χ2n) is 11.1. The number of amides is 2. The topological polar surface area (TPSA) is 125 Å². The number of pyridine rings is 1. The Bertz CT molecular complexity index is 1440. The summed E-state index contributed by atoms with van der Waals surface area (Å²) < 4.78 is 70.1. The lowest BCUT2D eigenvalue weighted by Gasteiger charge is -2.30. The van der Waals surface area contributed by atoms with E-state index in [1.165, 1.54) is 19.9 Å². The molecule has 2 aromatic rings. The van der Waals surface area contributed by atoms with Crippen LogP contribution in [0, 0.1) is 5.92 Å². The molecule has 1 aromatic carbocycles. The summed E-state index contributed by atoms with van der Waals surface area (Å²) in [5, 5.41) is 18.5. The summed E-state index contributed by atoms with van der Waals surface area (Å²) >= 11 is 12.9. The lowest BCUT2D eigenvalue weighted by molar-refractivity contribution is -0.182. The molecule has 1 saturated carbocycles. The van der Waals surface area contributed by atoms with Crippen LogP contribution < -0.4 is 20.7 Å². The van der Waals surface area contributed by atoms with Crippen LogP contribution in [0.5, 0.6) is 5.88 Å². The van der Waals surface area contributed by atoms with Crippen LogP contribution in [0.4, 0.5) is 33.5 Å². The predicted molar refractivity (Wildman–Crippen MR) is 154 cm³/mol. The maximum absolute atomic E-state index is 13.2. The number of ether oxygens (including phenoxy) is 1. The molecule has 1 fully saturated rings. The summed E-state index contributed by atoms with van der Waals surface area (Å²) in [6.45, 7) is 1.62. The molecule has 4 rings (SSSR count). The van der Waals surface area contributed by atoms with E-state index in [0.29, 0.717) is 17.0 Å². The Hall–Kier alpha value is -3.23. The molecule has 1 aliphatic carbocycles. The minimum atomic E-state index is -4.30. The fourth-order valence-corrected chi connectivity index (χ4v) is 5.33. The molecule has 1 aromatic heterocycles. The van der Waals surface area contributed by atoms with Crippen molar-refractivity contribution in [1.29, 1.82) is 0 Å². The molecule has 0 unspecified atom stereocenters. The summed E-state index contributed by atoms with van der Waals surface area (Å²) in [7, 11) is 0. The average molecular weight is 666 g/mol. The number of anilines is 1. The molecule has 16 heteroatoms. The van der Waals surface area contributed by atoms with Gasteiger partial charge in [0, 0.05) is 24.6 Å². The lowest BCUT2D eigenvalue weighted by Crippen LogP contribution is -2.41. The molecule has 1 aliphatic heterocycles. The quantitative estimate of drug-likeness (QED) is 0.245. The number of amidine groups is 1. The number of benzene rings is 1. The number of rotatable bonds is 9. The van der Waals surface area contributed by atoms with Crippen molar-refractivity contribution >= 4 is 52.4 Å². The van der Waals surface area contributed by atoms with Crippen molar-refractivity contribution < 1.29 is 41.4 Å². The van der Waals surface area contributed by atoms with Crippen molar-refractivity contribution in [1.82, 2.24) is 15.6 Å². The number of carbonyl (C=O) groups excluding carboxylic acids is 2. The van der Waals surface area contributed by atoms with Crippen molar-refractivity contribution in [3.63, 3.8) is 0 Å². The number of aromatic nitrogens is 1. The molecule has 4 N–H and O–H groups in total. The molecule has 0 spiro atoms. The first-order valence-electron chi connectivity index (χ1n) is 13.7. The Kier molecular flexibility index (Phi) is 10.3. The maximum atomic E-state index is 13.2. The zero-order valence-corrected chi connectivity index (χ0v) is 25.1. The zero-order chi connectivity index (χ0) is 32.4. The number of nitrogens with one attached hydrogen (secondary N) is 3. The number of hydrogen-bond acceptors (Lipinski definition) is 7. The third kappa shape index (κ3) is 8.27. The summed E-state index contributed by atoms with van der Waals surface area (Å²) in [4.78, 5) is 33.8. The van der Waals surface area contributed by atoms with E-state index >= 15 is 0 Å². The number of halogens is 7. The smallest absolute Gasteiger partial charge is 0.391 e. The van der Waals surface area contributed by atoms with Gasteiger partial charge < -0.3 is 25.8 Å². The first kappa shape index (κ1) is 33.7. The summed E-state index contributed by atoms with van der Waals surface area (Å²) in [6.07, 6.45) is -7.09. The second kappa shape index (κ2) is 13.4. The van der Waals surface area contributed by atoms with Crippen LogP contribution in [0.25, 0.3) is 0 Å². The monoisotopic (exact) mass is 665 g/mol. The normalized spacial score (nSPS) is 18.5. The number of hydrogen-bond donors (Lipinski definition) is 4. The van der Waals surface area contributed by atoms with Gasteiger partial charge in [-0.25, -0.2) is 13.8 Å². The highest BCUT2D eigenvalue weighted by Gasteiger charge is 2.41. The van der Waals surface area contributed by atoms with Gasteiger partial charge in [0.05, 0.1) is 21.7 Å². The Labute approximate surface area is 259 Å². The van der Waals surface area contributed by atoms with Gasteiger partial charge in [0.25, 0.3) is 18.2 Å². The summed E-state index contributed by atoms with van der Waals surface area (Å²) in [6, 6.07) is 4.00. The van der Waals surface area contributed by atoms with Gasteiger partial charge in [-0.1, -0.05) is 29.3 Å². The molecular weight excluding hydrogens is 636 g/mol. The van der Waals surface area contributed by atoms with Crippen molar-refractivity contribution in [3.05, 3.63) is 44.9 Å². The van der Waals surface area contributed by atoms with Gasteiger partial charge in [-0.15, -0.1) is 0 Å². The fraction of sp³-hybridized carbons (Fsp3) is 0.500. The van der Waals surface area contributed by atoms with E-state index in [1.807, 2.05) is 0 Å². The van der Waals surface area contributed by atoms with Crippen LogP contribution in [-0.2, 0) is 17.8 Å². The van der Waals surface area contributed by atoms with E-state index < -0.39 is 54.5 Å². The third-order valence-corrected chi connectivity index (χ3v) is 7.94. The molecular formula is C28H30Cl2F5N5O4. The highest BCUT2D eigenvalue weighted by molar-refractivity contribution is 6.40. The number of alkyl halides is 5. The van der Waals surface area contributed by atoms with E-state index in [0.717, 1.165) is 0 Å². The minimum absolute atomic E-state index is 0.0110. The highest BCUT2D eigenvalue weighted by atomic mass is 35.5. The van der Waals surface area contributed by atoms with Crippen LogP contribution in [0.15, 0.2) is 23.2 Å². The number of aliphatic imine (C=N–C) groups is 1. The number of aliphatic hydroxyl groups is 1. The number of fused-ring (bicyclic) bond motifs is 1. The van der Waals surface area contributed by atoms with Gasteiger partial charge in [0.1, 0.15) is 17.0 Å². The maximum Gasteiger partial charge on any atom is 0.391 e.